The largest absolute Gasteiger partial charge is 0.466 e. The smallest absolute Gasteiger partial charge is 0.317 e. The van der Waals surface area contributed by atoms with Gasteiger partial charge < -0.3 is 14.6 Å². The van der Waals surface area contributed by atoms with Gasteiger partial charge in [-0.2, -0.15) is 0 Å². The number of aliphatic hydroxyl groups excluding tert-OH is 1. The minimum absolute atomic E-state index is 0.214. The molecule has 1 aromatic rings. The van der Waals surface area contributed by atoms with E-state index in [1.165, 1.54) is 0 Å². The number of carbonyl (C=O) groups excluding carboxylic acids is 2. The summed E-state index contributed by atoms with van der Waals surface area (Å²) >= 11 is 0. The molecule has 2 atom stereocenters. The van der Waals surface area contributed by atoms with Crippen LogP contribution in [0.25, 0.3) is 6.08 Å². The Morgan fingerprint density at radius 2 is 2.00 bits per heavy atom. The second-order valence-corrected chi connectivity index (χ2v) is 4.37. The highest BCUT2D eigenvalue weighted by Crippen LogP contribution is 2.29. The summed E-state index contributed by atoms with van der Waals surface area (Å²) in [6.07, 6.45) is 1.22. The molecule has 1 aromatic carbocycles. The summed E-state index contributed by atoms with van der Waals surface area (Å²) in [4.78, 5) is 22.8. The van der Waals surface area contributed by atoms with Gasteiger partial charge in [0.2, 0.25) is 0 Å². The molecule has 0 saturated carbocycles. The van der Waals surface area contributed by atoms with E-state index in [2.05, 4.69) is 4.74 Å². The van der Waals surface area contributed by atoms with E-state index in [1.807, 2.05) is 12.1 Å². The summed E-state index contributed by atoms with van der Waals surface area (Å²) in [5.41, 5.74) is 1.58. The Bertz CT molecular complexity index is 535. The standard InChI is InChI=1S/C15H16O5/c1-2-19-13(16)9-14(17)20-12-8-7-10-5-3-4-6-11(10)15(12)18/h3-8,12,15,18H,2,9H2,1H3/t12-,15-/m1/s1. The molecule has 0 aliphatic heterocycles. The fourth-order valence-electron chi connectivity index (χ4n) is 2.04. The minimum atomic E-state index is -0.928. The average Bonchev–Trinajstić information content (AvgIpc) is 2.42. The molecule has 5 heteroatoms. The minimum Gasteiger partial charge on any atom is -0.466 e. The molecule has 0 fully saturated rings. The van der Waals surface area contributed by atoms with Crippen LogP contribution in [-0.2, 0) is 19.1 Å². The third-order valence-electron chi connectivity index (χ3n) is 2.95. The third-order valence-corrected chi connectivity index (χ3v) is 2.95. The van der Waals surface area contributed by atoms with Crippen molar-refractivity contribution in [2.24, 2.45) is 0 Å². The number of aliphatic hydroxyl groups is 1. The van der Waals surface area contributed by atoms with Gasteiger partial charge in [0.15, 0.2) is 6.10 Å². The average molecular weight is 276 g/mol. The fourth-order valence-corrected chi connectivity index (χ4v) is 2.04. The van der Waals surface area contributed by atoms with Gasteiger partial charge in [-0.05, 0) is 24.1 Å². The lowest BCUT2D eigenvalue weighted by atomic mass is 9.93. The van der Waals surface area contributed by atoms with Gasteiger partial charge in [-0.3, -0.25) is 9.59 Å². The Kier molecular flexibility index (Phi) is 4.53. The van der Waals surface area contributed by atoms with E-state index >= 15 is 0 Å². The zero-order valence-corrected chi connectivity index (χ0v) is 11.1. The van der Waals surface area contributed by atoms with Gasteiger partial charge in [0.25, 0.3) is 0 Å². The lowest BCUT2D eigenvalue weighted by Crippen LogP contribution is -2.27. The predicted molar refractivity (Wildman–Crippen MR) is 71.6 cm³/mol. The van der Waals surface area contributed by atoms with Crippen molar-refractivity contribution in [2.45, 2.75) is 25.6 Å². The number of hydrogen-bond donors (Lipinski definition) is 1. The van der Waals surface area contributed by atoms with Crippen molar-refractivity contribution >= 4 is 18.0 Å². The molecule has 0 aromatic heterocycles. The molecule has 5 nitrogen and oxygen atoms in total. The lowest BCUT2D eigenvalue weighted by molar-refractivity contribution is -0.159. The van der Waals surface area contributed by atoms with Crippen molar-refractivity contribution in [1.82, 2.24) is 0 Å². The molecule has 0 amide bonds. The van der Waals surface area contributed by atoms with Crippen LogP contribution in [0.3, 0.4) is 0 Å². The first-order valence-corrected chi connectivity index (χ1v) is 6.42. The van der Waals surface area contributed by atoms with Crippen LogP contribution in [0.5, 0.6) is 0 Å². The Labute approximate surface area is 116 Å². The molecule has 2 rings (SSSR count). The molecule has 0 heterocycles. The van der Waals surface area contributed by atoms with E-state index in [0.717, 1.165) is 5.56 Å². The summed E-state index contributed by atoms with van der Waals surface area (Å²) < 4.78 is 9.77. The summed E-state index contributed by atoms with van der Waals surface area (Å²) in [6, 6.07) is 7.31. The van der Waals surface area contributed by atoms with E-state index in [4.69, 9.17) is 4.74 Å². The van der Waals surface area contributed by atoms with Crippen molar-refractivity contribution in [2.75, 3.05) is 6.61 Å². The molecular formula is C15H16O5. The predicted octanol–water partition coefficient (Wildman–Crippen LogP) is 1.61. The van der Waals surface area contributed by atoms with Gasteiger partial charge in [-0.15, -0.1) is 0 Å². The third kappa shape index (κ3) is 3.24. The number of ether oxygens (including phenoxy) is 2. The number of rotatable bonds is 4. The van der Waals surface area contributed by atoms with Gasteiger partial charge in [0, 0.05) is 0 Å². The topological polar surface area (TPSA) is 72.8 Å². The maximum atomic E-state index is 11.6. The molecule has 1 N–H and O–H groups in total. The number of benzene rings is 1. The van der Waals surface area contributed by atoms with Crippen molar-refractivity contribution in [3.63, 3.8) is 0 Å². The van der Waals surface area contributed by atoms with E-state index in [0.29, 0.717) is 5.56 Å². The monoisotopic (exact) mass is 276 g/mol. The van der Waals surface area contributed by atoms with Gasteiger partial charge in [0.1, 0.15) is 12.5 Å². The Morgan fingerprint density at radius 1 is 1.25 bits per heavy atom. The number of carbonyl (C=O) groups is 2. The van der Waals surface area contributed by atoms with Crippen LogP contribution >= 0.6 is 0 Å². The summed E-state index contributed by atoms with van der Waals surface area (Å²) in [5, 5.41) is 10.2. The molecule has 0 unspecified atom stereocenters. The molecular weight excluding hydrogens is 260 g/mol. The van der Waals surface area contributed by atoms with Crippen LogP contribution in [0.4, 0.5) is 0 Å². The first kappa shape index (κ1) is 14.3. The van der Waals surface area contributed by atoms with E-state index in [-0.39, 0.29) is 6.61 Å². The molecule has 1 aliphatic rings. The Morgan fingerprint density at radius 3 is 2.75 bits per heavy atom. The normalized spacial score (nSPS) is 20.1. The van der Waals surface area contributed by atoms with Crippen LogP contribution in [-0.4, -0.2) is 29.8 Å². The van der Waals surface area contributed by atoms with E-state index in [9.17, 15) is 14.7 Å². The molecule has 0 bridgehead atoms. The highest BCUT2D eigenvalue weighted by atomic mass is 16.6. The zero-order valence-electron chi connectivity index (χ0n) is 11.1. The van der Waals surface area contributed by atoms with Gasteiger partial charge in [-0.25, -0.2) is 0 Å². The quantitative estimate of drug-likeness (QED) is 0.668. The van der Waals surface area contributed by atoms with Crippen molar-refractivity contribution < 1.29 is 24.2 Å². The summed E-state index contributed by atoms with van der Waals surface area (Å²) in [5.74, 6) is -1.34. The van der Waals surface area contributed by atoms with Crippen LogP contribution in [0, 0.1) is 0 Å². The van der Waals surface area contributed by atoms with Crippen LogP contribution in [0.15, 0.2) is 30.3 Å². The van der Waals surface area contributed by atoms with Crippen LogP contribution < -0.4 is 0 Å². The highest BCUT2D eigenvalue weighted by Gasteiger charge is 2.27. The molecule has 20 heavy (non-hydrogen) atoms. The van der Waals surface area contributed by atoms with Crippen LogP contribution in [0.2, 0.25) is 0 Å². The van der Waals surface area contributed by atoms with Crippen LogP contribution in [0.1, 0.15) is 30.6 Å². The molecule has 0 radical (unpaired) electrons. The zero-order chi connectivity index (χ0) is 14.5. The Balaban J connectivity index is 1.99. The van der Waals surface area contributed by atoms with Gasteiger partial charge in [0.05, 0.1) is 6.61 Å². The van der Waals surface area contributed by atoms with Gasteiger partial charge >= 0.3 is 11.9 Å². The number of hydrogen-bond acceptors (Lipinski definition) is 5. The Hall–Kier alpha value is -2.14. The van der Waals surface area contributed by atoms with E-state index < -0.39 is 30.6 Å². The van der Waals surface area contributed by atoms with Gasteiger partial charge in [-0.1, -0.05) is 30.3 Å². The highest BCUT2D eigenvalue weighted by molar-refractivity contribution is 5.91. The summed E-state index contributed by atoms with van der Waals surface area (Å²) in [6.45, 7) is 1.87. The SMILES string of the molecule is CCOC(=O)CC(=O)O[C@@H]1C=Cc2ccccc2[C@H]1O. The number of fused-ring (bicyclic) bond motifs is 1. The fraction of sp³-hybridized carbons (Fsp3) is 0.333. The number of esters is 2. The molecule has 0 saturated heterocycles. The maximum absolute atomic E-state index is 11.6. The molecule has 106 valence electrons. The first-order chi connectivity index (χ1) is 9.61. The van der Waals surface area contributed by atoms with Crippen molar-refractivity contribution in [3.05, 3.63) is 41.5 Å². The first-order valence-electron chi connectivity index (χ1n) is 6.42. The molecule has 1 aliphatic carbocycles. The maximum Gasteiger partial charge on any atom is 0.317 e. The van der Waals surface area contributed by atoms with E-state index in [1.54, 1.807) is 31.2 Å². The second-order valence-electron chi connectivity index (χ2n) is 4.37. The second kappa shape index (κ2) is 6.34. The summed E-state index contributed by atoms with van der Waals surface area (Å²) in [7, 11) is 0. The molecule has 0 spiro atoms. The van der Waals surface area contributed by atoms with Crippen molar-refractivity contribution in [1.29, 1.82) is 0 Å². The van der Waals surface area contributed by atoms with Crippen molar-refractivity contribution in [3.8, 4) is 0 Å². The lowest BCUT2D eigenvalue weighted by Gasteiger charge is -2.25.